The molecule has 1 N–H and O–H groups in total. The Bertz CT molecular complexity index is 521. The summed E-state index contributed by atoms with van der Waals surface area (Å²) in [6, 6.07) is 0.0721. The molecular formula is C16H26N2O2. The predicted octanol–water partition coefficient (Wildman–Crippen LogP) is 2.69. The van der Waals surface area contributed by atoms with Crippen molar-refractivity contribution in [3.63, 3.8) is 0 Å². The molecule has 1 aliphatic rings. The van der Waals surface area contributed by atoms with Crippen LogP contribution in [0.2, 0.25) is 0 Å². The van der Waals surface area contributed by atoms with Crippen LogP contribution >= 0.6 is 0 Å². The molecule has 4 heteroatoms. The van der Waals surface area contributed by atoms with E-state index in [1.165, 1.54) is 0 Å². The van der Waals surface area contributed by atoms with Gasteiger partial charge < -0.3 is 9.67 Å². The Hall–Kier alpha value is -1.16. The Morgan fingerprint density at radius 1 is 1.45 bits per heavy atom. The van der Waals surface area contributed by atoms with Crippen LogP contribution in [0.5, 0.6) is 0 Å². The lowest BCUT2D eigenvalue weighted by atomic mass is 9.66. The molecule has 4 nitrogen and oxygen atoms in total. The number of hydrogen-bond acceptors (Lipinski definition) is 3. The molecule has 3 unspecified atom stereocenters. The highest BCUT2D eigenvalue weighted by Gasteiger charge is 2.39. The Labute approximate surface area is 120 Å². The molecule has 112 valence electrons. The van der Waals surface area contributed by atoms with Gasteiger partial charge in [-0.3, -0.25) is 9.78 Å². The number of aliphatic hydroxyl groups excluding tert-OH is 1. The zero-order valence-electron chi connectivity index (χ0n) is 13.0. The molecule has 1 fully saturated rings. The number of aliphatic hydroxyl groups is 1. The largest absolute Gasteiger partial charge is 0.393 e. The summed E-state index contributed by atoms with van der Waals surface area (Å²) in [6.45, 7) is 8.48. The van der Waals surface area contributed by atoms with E-state index in [0.29, 0.717) is 18.0 Å². The minimum absolute atomic E-state index is 0.0245. The smallest absolute Gasteiger partial charge is 0.272 e. The van der Waals surface area contributed by atoms with E-state index < -0.39 is 0 Å². The lowest BCUT2D eigenvalue weighted by Crippen LogP contribution is -2.42. The first-order valence-electron chi connectivity index (χ1n) is 7.58. The second-order valence-corrected chi connectivity index (χ2v) is 6.71. The third-order valence-corrected chi connectivity index (χ3v) is 5.10. The van der Waals surface area contributed by atoms with Gasteiger partial charge in [0.2, 0.25) is 0 Å². The maximum atomic E-state index is 12.4. The van der Waals surface area contributed by atoms with Crippen molar-refractivity contribution in [1.29, 1.82) is 0 Å². The van der Waals surface area contributed by atoms with Crippen molar-refractivity contribution in [1.82, 2.24) is 9.55 Å². The summed E-state index contributed by atoms with van der Waals surface area (Å²) in [7, 11) is 0. The molecule has 0 aromatic carbocycles. The first kappa shape index (κ1) is 15.2. The van der Waals surface area contributed by atoms with Crippen molar-refractivity contribution in [3.8, 4) is 0 Å². The van der Waals surface area contributed by atoms with Gasteiger partial charge in [-0.2, -0.15) is 0 Å². The number of nitrogens with zero attached hydrogens (tertiary/aromatic N) is 2. The van der Waals surface area contributed by atoms with Gasteiger partial charge in [0.05, 0.1) is 6.10 Å². The predicted molar refractivity (Wildman–Crippen MR) is 79.7 cm³/mol. The third-order valence-electron chi connectivity index (χ3n) is 5.10. The van der Waals surface area contributed by atoms with Crippen molar-refractivity contribution in [2.75, 3.05) is 0 Å². The van der Waals surface area contributed by atoms with Gasteiger partial charge in [0, 0.05) is 18.4 Å². The molecule has 3 atom stereocenters. The fourth-order valence-electron chi connectivity index (χ4n) is 3.39. The van der Waals surface area contributed by atoms with Gasteiger partial charge >= 0.3 is 0 Å². The quantitative estimate of drug-likeness (QED) is 0.925. The number of rotatable bonds is 3. The normalized spacial score (nSPS) is 27.6. The lowest BCUT2D eigenvalue weighted by molar-refractivity contribution is 0.0202. The summed E-state index contributed by atoms with van der Waals surface area (Å²) in [4.78, 5) is 16.4. The van der Waals surface area contributed by atoms with Crippen LogP contribution in [0.4, 0.5) is 0 Å². The van der Waals surface area contributed by atoms with E-state index in [0.717, 1.165) is 19.3 Å². The standard InChI is InChI=1S/C16H26N2O2/c1-5-16(3,4)13-7-6-12(19)10-14(13)18-9-8-17-11(2)15(18)20/h8-9,12-14,19H,5-7,10H2,1-4H3. The van der Waals surface area contributed by atoms with Gasteiger partial charge in [0.25, 0.3) is 5.56 Å². The van der Waals surface area contributed by atoms with Crippen molar-refractivity contribution in [3.05, 3.63) is 28.4 Å². The number of aryl methyl sites for hydroxylation is 1. The summed E-state index contributed by atoms with van der Waals surface area (Å²) in [6.07, 6.45) is 6.71. The first-order valence-corrected chi connectivity index (χ1v) is 7.58. The molecule has 0 radical (unpaired) electrons. The molecule has 1 aromatic rings. The highest BCUT2D eigenvalue weighted by Crippen LogP contribution is 2.45. The SMILES string of the molecule is CCC(C)(C)C1CCC(O)CC1n1ccnc(C)c1=O. The van der Waals surface area contributed by atoms with E-state index in [4.69, 9.17) is 0 Å². The van der Waals surface area contributed by atoms with Crippen LogP contribution in [0.3, 0.4) is 0 Å². The number of aromatic nitrogens is 2. The summed E-state index contributed by atoms with van der Waals surface area (Å²) >= 11 is 0. The first-order chi connectivity index (χ1) is 9.36. The van der Waals surface area contributed by atoms with Gasteiger partial charge in [-0.1, -0.05) is 27.2 Å². The maximum absolute atomic E-state index is 12.4. The average molecular weight is 278 g/mol. The highest BCUT2D eigenvalue weighted by molar-refractivity contribution is 5.00. The molecule has 0 bridgehead atoms. The van der Waals surface area contributed by atoms with Crippen LogP contribution in [-0.4, -0.2) is 20.8 Å². The van der Waals surface area contributed by atoms with Crippen molar-refractivity contribution < 1.29 is 5.11 Å². The van der Waals surface area contributed by atoms with Crippen LogP contribution < -0.4 is 5.56 Å². The Morgan fingerprint density at radius 2 is 2.15 bits per heavy atom. The summed E-state index contributed by atoms with van der Waals surface area (Å²) in [5, 5.41) is 10.0. The average Bonchev–Trinajstić information content (AvgIpc) is 2.41. The van der Waals surface area contributed by atoms with Crippen molar-refractivity contribution in [2.24, 2.45) is 11.3 Å². The van der Waals surface area contributed by atoms with Gasteiger partial charge in [0.1, 0.15) is 5.69 Å². The second kappa shape index (κ2) is 5.68. The van der Waals surface area contributed by atoms with E-state index in [1.54, 1.807) is 23.9 Å². The van der Waals surface area contributed by atoms with E-state index in [1.807, 2.05) is 0 Å². The fraction of sp³-hybridized carbons (Fsp3) is 0.750. The molecule has 0 spiro atoms. The summed E-state index contributed by atoms with van der Waals surface area (Å²) < 4.78 is 1.80. The molecule has 0 aliphatic heterocycles. The fourth-order valence-corrected chi connectivity index (χ4v) is 3.39. The van der Waals surface area contributed by atoms with Gasteiger partial charge in [0.15, 0.2) is 0 Å². The van der Waals surface area contributed by atoms with Crippen molar-refractivity contribution >= 4 is 0 Å². The highest BCUT2D eigenvalue weighted by atomic mass is 16.3. The minimum Gasteiger partial charge on any atom is -0.393 e. The van der Waals surface area contributed by atoms with Gasteiger partial charge in [-0.05, 0) is 37.5 Å². The minimum atomic E-state index is -0.302. The molecule has 0 amide bonds. The lowest BCUT2D eigenvalue weighted by Gasteiger charge is -2.44. The second-order valence-electron chi connectivity index (χ2n) is 6.71. The Morgan fingerprint density at radius 3 is 2.80 bits per heavy atom. The molecule has 1 aliphatic carbocycles. The molecule has 1 aromatic heterocycles. The molecule has 0 saturated heterocycles. The van der Waals surface area contributed by atoms with Crippen LogP contribution in [0.15, 0.2) is 17.2 Å². The molecule has 1 saturated carbocycles. The zero-order valence-corrected chi connectivity index (χ0v) is 13.0. The third kappa shape index (κ3) is 2.80. The van der Waals surface area contributed by atoms with E-state index in [-0.39, 0.29) is 23.1 Å². The Kier molecular flexibility index (Phi) is 4.33. The van der Waals surface area contributed by atoms with E-state index in [2.05, 4.69) is 25.8 Å². The monoisotopic (exact) mass is 278 g/mol. The van der Waals surface area contributed by atoms with E-state index in [9.17, 15) is 9.90 Å². The van der Waals surface area contributed by atoms with Crippen LogP contribution in [0.1, 0.15) is 58.2 Å². The van der Waals surface area contributed by atoms with Crippen LogP contribution in [0.25, 0.3) is 0 Å². The molecule has 1 heterocycles. The molecular weight excluding hydrogens is 252 g/mol. The van der Waals surface area contributed by atoms with Crippen LogP contribution in [-0.2, 0) is 0 Å². The molecule has 2 rings (SSSR count). The van der Waals surface area contributed by atoms with Crippen molar-refractivity contribution in [2.45, 2.75) is 65.5 Å². The zero-order chi connectivity index (χ0) is 14.9. The van der Waals surface area contributed by atoms with Gasteiger partial charge in [-0.15, -0.1) is 0 Å². The topological polar surface area (TPSA) is 55.1 Å². The van der Waals surface area contributed by atoms with Crippen LogP contribution in [0, 0.1) is 18.3 Å². The molecule has 20 heavy (non-hydrogen) atoms. The van der Waals surface area contributed by atoms with Gasteiger partial charge in [-0.25, -0.2) is 0 Å². The maximum Gasteiger partial charge on any atom is 0.272 e. The summed E-state index contributed by atoms with van der Waals surface area (Å²) in [5.74, 6) is 0.412. The number of hydrogen-bond donors (Lipinski definition) is 1. The summed E-state index contributed by atoms with van der Waals surface area (Å²) in [5.41, 5.74) is 0.672. The Balaban J connectivity index is 2.43. The van der Waals surface area contributed by atoms with E-state index >= 15 is 0 Å².